The van der Waals surface area contributed by atoms with E-state index in [1.165, 1.54) is 0 Å². The molecule has 0 amide bonds. The molecule has 24 heavy (non-hydrogen) atoms. The average Bonchev–Trinajstić information content (AvgIpc) is 2.63. The standard InChI is InChI=1S/C19H12N4O/c20-11-14-16(13-7-3-1-4-8-13)15(12-21)19(24)18(17(14)22)23-9-5-2-6-10-23/h1-10H,22H2/p+1. The number of nitriles is 2. The Morgan fingerprint density at radius 3 is 2.04 bits per heavy atom. The minimum atomic E-state index is -0.246. The monoisotopic (exact) mass is 313 g/mol. The molecule has 0 atom stereocenters. The van der Waals surface area contributed by atoms with Gasteiger partial charge in [-0.2, -0.15) is 15.1 Å². The van der Waals surface area contributed by atoms with E-state index in [2.05, 4.69) is 6.07 Å². The van der Waals surface area contributed by atoms with Crippen LogP contribution < -0.4 is 10.3 Å². The molecule has 5 nitrogen and oxygen atoms in total. The molecule has 0 aliphatic heterocycles. The Hall–Kier alpha value is -3.83. The number of phenolic OH excluding ortho intramolecular Hbond substituents is 1. The number of benzene rings is 2. The van der Waals surface area contributed by atoms with Gasteiger partial charge in [-0.25, -0.2) is 0 Å². The van der Waals surface area contributed by atoms with E-state index in [1.54, 1.807) is 53.4 Å². The maximum atomic E-state index is 10.7. The third-order valence-corrected chi connectivity index (χ3v) is 3.75. The Kier molecular flexibility index (Phi) is 3.84. The van der Waals surface area contributed by atoms with Gasteiger partial charge in [-0.1, -0.05) is 36.4 Å². The molecule has 114 valence electrons. The van der Waals surface area contributed by atoms with Gasteiger partial charge in [0.2, 0.25) is 5.75 Å². The zero-order valence-corrected chi connectivity index (χ0v) is 12.6. The van der Waals surface area contributed by atoms with Crippen LogP contribution in [0.4, 0.5) is 5.69 Å². The normalized spacial score (nSPS) is 9.92. The third-order valence-electron chi connectivity index (χ3n) is 3.75. The highest BCUT2D eigenvalue weighted by Gasteiger charge is 2.28. The van der Waals surface area contributed by atoms with Gasteiger partial charge in [-0.3, -0.25) is 0 Å². The number of aromatic hydroxyl groups is 1. The van der Waals surface area contributed by atoms with Crippen LogP contribution in [0.3, 0.4) is 0 Å². The smallest absolute Gasteiger partial charge is 0.278 e. The maximum absolute atomic E-state index is 10.7. The summed E-state index contributed by atoms with van der Waals surface area (Å²) in [7, 11) is 0. The molecule has 0 fully saturated rings. The number of pyridine rings is 1. The highest BCUT2D eigenvalue weighted by molar-refractivity contribution is 5.88. The Labute approximate surface area is 139 Å². The van der Waals surface area contributed by atoms with Gasteiger partial charge in [0.25, 0.3) is 5.69 Å². The van der Waals surface area contributed by atoms with E-state index >= 15 is 0 Å². The predicted molar refractivity (Wildman–Crippen MR) is 88.9 cm³/mol. The van der Waals surface area contributed by atoms with Gasteiger partial charge in [-0.15, -0.1) is 0 Å². The number of anilines is 1. The minimum absolute atomic E-state index is 0.0262. The lowest BCUT2D eigenvalue weighted by Gasteiger charge is -2.13. The van der Waals surface area contributed by atoms with E-state index in [1.807, 2.05) is 18.2 Å². The second-order valence-corrected chi connectivity index (χ2v) is 5.11. The first-order chi connectivity index (χ1) is 11.7. The predicted octanol–water partition coefficient (Wildman–Crippen LogP) is 2.66. The van der Waals surface area contributed by atoms with Crippen molar-refractivity contribution in [1.82, 2.24) is 0 Å². The van der Waals surface area contributed by atoms with Crippen molar-refractivity contribution in [3.05, 3.63) is 72.1 Å². The molecule has 0 spiro atoms. The molecule has 2 aromatic carbocycles. The zero-order valence-electron chi connectivity index (χ0n) is 12.6. The highest BCUT2D eigenvalue weighted by atomic mass is 16.3. The fourth-order valence-electron chi connectivity index (χ4n) is 2.67. The molecule has 1 aromatic heterocycles. The van der Waals surface area contributed by atoms with Crippen molar-refractivity contribution < 1.29 is 9.67 Å². The van der Waals surface area contributed by atoms with Gasteiger partial charge < -0.3 is 10.8 Å². The summed E-state index contributed by atoms with van der Waals surface area (Å²) in [6, 6.07) is 18.4. The Morgan fingerprint density at radius 1 is 0.875 bits per heavy atom. The molecule has 0 aliphatic carbocycles. The molecule has 0 saturated heterocycles. The Balaban J connectivity index is 2.44. The first-order valence-corrected chi connectivity index (χ1v) is 7.19. The molecule has 0 aliphatic rings. The first kappa shape index (κ1) is 15.1. The van der Waals surface area contributed by atoms with Crippen LogP contribution in [0.2, 0.25) is 0 Å². The summed E-state index contributed by atoms with van der Waals surface area (Å²) in [5, 5.41) is 29.8. The van der Waals surface area contributed by atoms with Crippen molar-refractivity contribution in [2.75, 3.05) is 5.73 Å². The molecule has 0 bridgehead atoms. The molecule has 0 radical (unpaired) electrons. The topological polar surface area (TPSA) is 97.7 Å². The summed E-state index contributed by atoms with van der Waals surface area (Å²) < 4.78 is 1.58. The van der Waals surface area contributed by atoms with Crippen LogP contribution in [0.25, 0.3) is 16.8 Å². The molecule has 3 aromatic rings. The van der Waals surface area contributed by atoms with Gasteiger partial charge in [0.15, 0.2) is 12.4 Å². The zero-order chi connectivity index (χ0) is 17.1. The van der Waals surface area contributed by atoms with Crippen LogP contribution in [0.1, 0.15) is 11.1 Å². The van der Waals surface area contributed by atoms with Crippen molar-refractivity contribution in [2.45, 2.75) is 0 Å². The molecule has 5 heteroatoms. The number of aromatic nitrogens is 1. The Bertz CT molecular complexity index is 943. The van der Waals surface area contributed by atoms with E-state index in [0.717, 1.165) is 0 Å². The van der Waals surface area contributed by atoms with Crippen LogP contribution >= 0.6 is 0 Å². The van der Waals surface area contributed by atoms with Crippen molar-refractivity contribution >= 4 is 5.69 Å². The highest BCUT2D eigenvalue weighted by Crippen LogP contribution is 2.40. The molecule has 1 heterocycles. The molecule has 3 N–H and O–H groups in total. The SMILES string of the molecule is N#Cc1c(N)c(-[n+]2ccccc2)c(O)c(C#N)c1-c1ccccc1. The first-order valence-electron chi connectivity index (χ1n) is 7.19. The van der Waals surface area contributed by atoms with Gasteiger partial charge >= 0.3 is 0 Å². The fourth-order valence-corrected chi connectivity index (χ4v) is 2.67. The van der Waals surface area contributed by atoms with E-state index in [0.29, 0.717) is 11.1 Å². The lowest BCUT2D eigenvalue weighted by molar-refractivity contribution is -0.595. The second kappa shape index (κ2) is 6.12. The lowest BCUT2D eigenvalue weighted by Crippen LogP contribution is -2.31. The largest absolute Gasteiger partial charge is 0.501 e. The van der Waals surface area contributed by atoms with Crippen LogP contribution in [0.15, 0.2) is 60.9 Å². The molecular weight excluding hydrogens is 300 g/mol. The number of nitrogen functional groups attached to an aromatic ring is 1. The summed E-state index contributed by atoms with van der Waals surface area (Å²) in [5.41, 5.74) is 7.72. The van der Waals surface area contributed by atoms with E-state index in [4.69, 9.17) is 5.73 Å². The fraction of sp³-hybridized carbons (Fsp3) is 0. The van der Waals surface area contributed by atoms with Crippen LogP contribution in [0.5, 0.6) is 5.75 Å². The number of hydrogen-bond acceptors (Lipinski definition) is 4. The van der Waals surface area contributed by atoms with Crippen molar-refractivity contribution in [3.63, 3.8) is 0 Å². The van der Waals surface area contributed by atoms with E-state index < -0.39 is 0 Å². The molecule has 0 unspecified atom stereocenters. The van der Waals surface area contributed by atoms with Crippen LogP contribution in [-0.4, -0.2) is 5.11 Å². The minimum Gasteiger partial charge on any atom is -0.501 e. The van der Waals surface area contributed by atoms with E-state index in [9.17, 15) is 15.6 Å². The van der Waals surface area contributed by atoms with Crippen LogP contribution in [-0.2, 0) is 0 Å². The summed E-state index contributed by atoms with van der Waals surface area (Å²) in [6.45, 7) is 0. The third kappa shape index (κ3) is 2.31. The number of rotatable bonds is 2. The number of nitrogens with zero attached hydrogens (tertiary/aromatic N) is 3. The van der Waals surface area contributed by atoms with E-state index in [-0.39, 0.29) is 28.3 Å². The summed E-state index contributed by atoms with van der Waals surface area (Å²) >= 11 is 0. The number of phenols is 1. The Morgan fingerprint density at radius 2 is 1.46 bits per heavy atom. The summed E-state index contributed by atoms with van der Waals surface area (Å²) in [4.78, 5) is 0. The van der Waals surface area contributed by atoms with Gasteiger partial charge in [0.05, 0.1) is 5.56 Å². The van der Waals surface area contributed by atoms with Crippen molar-refractivity contribution in [2.24, 2.45) is 0 Å². The molecule has 3 rings (SSSR count). The maximum Gasteiger partial charge on any atom is 0.278 e. The van der Waals surface area contributed by atoms with Crippen LogP contribution in [0, 0.1) is 22.7 Å². The van der Waals surface area contributed by atoms with Crippen molar-refractivity contribution in [3.8, 4) is 34.7 Å². The van der Waals surface area contributed by atoms with Gasteiger partial charge in [-0.05, 0) is 5.56 Å². The quantitative estimate of drug-likeness (QED) is 0.561. The van der Waals surface area contributed by atoms with Gasteiger partial charge in [0, 0.05) is 17.7 Å². The van der Waals surface area contributed by atoms with Crippen molar-refractivity contribution in [1.29, 1.82) is 10.5 Å². The summed E-state index contributed by atoms with van der Waals surface area (Å²) in [5.74, 6) is -0.246. The van der Waals surface area contributed by atoms with Gasteiger partial charge in [0.1, 0.15) is 23.4 Å². The second-order valence-electron chi connectivity index (χ2n) is 5.11. The number of nitrogens with two attached hydrogens (primary N) is 1. The summed E-state index contributed by atoms with van der Waals surface area (Å²) in [6.07, 6.45) is 3.38. The lowest BCUT2D eigenvalue weighted by atomic mass is 9.92. The molecule has 0 saturated carbocycles. The average molecular weight is 313 g/mol. The molecular formula is C19H13N4O+. The number of hydrogen-bond donors (Lipinski definition) is 2.